The molecule has 0 aromatic heterocycles. The van der Waals surface area contributed by atoms with Gasteiger partial charge in [0.25, 0.3) is 0 Å². The van der Waals surface area contributed by atoms with Crippen molar-refractivity contribution in [2.24, 2.45) is 0 Å². The van der Waals surface area contributed by atoms with Crippen molar-refractivity contribution in [1.82, 2.24) is 4.90 Å². The van der Waals surface area contributed by atoms with Gasteiger partial charge >= 0.3 is 12.0 Å². The first-order chi connectivity index (χ1) is 10.3. The smallest absolute Gasteiger partial charge is 0.321 e. The normalized spacial score (nSPS) is 10.6. The summed E-state index contributed by atoms with van der Waals surface area (Å²) in [6.45, 7) is -0.0318. The van der Waals surface area contributed by atoms with Crippen molar-refractivity contribution in [1.29, 1.82) is 0 Å². The van der Waals surface area contributed by atoms with Crippen LogP contribution in [0.1, 0.15) is 6.42 Å². The van der Waals surface area contributed by atoms with E-state index in [9.17, 15) is 22.8 Å². The molecule has 0 saturated heterocycles. The van der Waals surface area contributed by atoms with Gasteiger partial charge < -0.3 is 15.3 Å². The van der Waals surface area contributed by atoms with E-state index in [-0.39, 0.29) is 18.7 Å². The minimum Gasteiger partial charge on any atom is -0.481 e. The fourth-order valence-corrected chi connectivity index (χ4v) is 2.19. The van der Waals surface area contributed by atoms with Crippen molar-refractivity contribution < 1.29 is 27.9 Å². The Bertz CT molecular complexity index is 543. The number of aliphatic carboxylic acids is 1. The number of urea groups is 1. The Hall–Kier alpha value is -1.90. The summed E-state index contributed by atoms with van der Waals surface area (Å²) in [4.78, 5) is 23.7. The molecule has 1 rings (SSSR count). The van der Waals surface area contributed by atoms with Crippen molar-refractivity contribution >= 4 is 29.4 Å². The van der Waals surface area contributed by atoms with E-state index in [4.69, 9.17) is 5.11 Å². The van der Waals surface area contributed by atoms with E-state index in [1.165, 1.54) is 13.1 Å². The summed E-state index contributed by atoms with van der Waals surface area (Å²) >= 11 is 0.792. The Morgan fingerprint density at radius 2 is 2.09 bits per heavy atom. The van der Waals surface area contributed by atoms with Crippen molar-refractivity contribution in [3.63, 3.8) is 0 Å². The van der Waals surface area contributed by atoms with Crippen LogP contribution in [0.3, 0.4) is 0 Å². The minimum absolute atomic E-state index is 0.0318. The van der Waals surface area contributed by atoms with Gasteiger partial charge in [-0.1, -0.05) is 0 Å². The summed E-state index contributed by atoms with van der Waals surface area (Å²) in [5.41, 5.74) is 0.0674. The molecule has 0 fully saturated rings. The highest BCUT2D eigenvalue weighted by molar-refractivity contribution is 7.99. The topological polar surface area (TPSA) is 69.6 Å². The van der Waals surface area contributed by atoms with Gasteiger partial charge in [0, 0.05) is 18.5 Å². The van der Waals surface area contributed by atoms with Crippen LogP contribution in [0.2, 0.25) is 0 Å². The molecule has 0 radical (unpaired) electrons. The van der Waals surface area contributed by atoms with Crippen molar-refractivity contribution in [2.45, 2.75) is 17.7 Å². The van der Waals surface area contributed by atoms with E-state index in [1.807, 2.05) is 0 Å². The molecule has 2 amide bonds. The maximum absolute atomic E-state index is 13.3. The molecule has 1 aromatic carbocycles. The lowest BCUT2D eigenvalue weighted by atomic mass is 10.3. The summed E-state index contributed by atoms with van der Waals surface area (Å²) in [6, 6.07) is 2.79. The Balaban J connectivity index is 2.75. The van der Waals surface area contributed by atoms with Gasteiger partial charge in [-0.05, 0) is 18.2 Å². The second kappa shape index (κ2) is 8.52. The molecule has 0 bridgehead atoms. The Morgan fingerprint density at radius 1 is 1.41 bits per heavy atom. The molecule has 0 aliphatic rings. The van der Waals surface area contributed by atoms with Gasteiger partial charge in [0.1, 0.15) is 5.82 Å². The number of hydrogen-bond acceptors (Lipinski definition) is 3. The molecule has 122 valence electrons. The highest BCUT2D eigenvalue weighted by Crippen LogP contribution is 2.29. The molecule has 0 unspecified atom stereocenters. The molecule has 0 atom stereocenters. The maximum Gasteiger partial charge on any atom is 0.321 e. The number of carboxylic acids is 1. The monoisotopic (exact) mass is 336 g/mol. The average molecular weight is 336 g/mol. The van der Waals surface area contributed by atoms with Gasteiger partial charge in [-0.2, -0.15) is 0 Å². The quantitative estimate of drug-likeness (QED) is 0.751. The van der Waals surface area contributed by atoms with Gasteiger partial charge in [-0.25, -0.2) is 18.0 Å². The first-order valence-corrected chi connectivity index (χ1v) is 7.22. The number of carbonyl (C=O) groups excluding carboxylic acids is 1. The molecule has 1 aromatic rings. The van der Waals surface area contributed by atoms with E-state index in [2.05, 4.69) is 5.32 Å². The van der Waals surface area contributed by atoms with Crippen LogP contribution < -0.4 is 5.32 Å². The number of nitrogens with one attached hydrogen (secondary N) is 1. The number of thioether (sulfide) groups is 1. The highest BCUT2D eigenvalue weighted by atomic mass is 32.2. The zero-order valence-corrected chi connectivity index (χ0v) is 12.5. The van der Waals surface area contributed by atoms with E-state index in [1.54, 1.807) is 0 Å². The number of amides is 2. The van der Waals surface area contributed by atoms with Crippen LogP contribution in [-0.4, -0.2) is 47.8 Å². The van der Waals surface area contributed by atoms with Crippen LogP contribution in [-0.2, 0) is 4.79 Å². The predicted molar refractivity (Wildman–Crippen MR) is 77.0 cm³/mol. The number of alkyl halides is 2. The number of hydrogen-bond donors (Lipinski definition) is 2. The second-order valence-electron chi connectivity index (χ2n) is 4.34. The van der Waals surface area contributed by atoms with E-state index in [0.29, 0.717) is 4.90 Å². The summed E-state index contributed by atoms with van der Waals surface area (Å²) in [5.74, 6) is -2.16. The summed E-state index contributed by atoms with van der Waals surface area (Å²) < 4.78 is 37.8. The third kappa shape index (κ3) is 6.25. The Morgan fingerprint density at radius 3 is 2.68 bits per heavy atom. The second-order valence-corrected chi connectivity index (χ2v) is 5.40. The third-order valence-electron chi connectivity index (χ3n) is 2.56. The summed E-state index contributed by atoms with van der Waals surface area (Å²) in [6.07, 6.45) is -2.77. The minimum atomic E-state index is -2.53. The zero-order valence-electron chi connectivity index (χ0n) is 11.7. The predicted octanol–water partition coefficient (Wildman–Crippen LogP) is 3.12. The van der Waals surface area contributed by atoms with Crippen molar-refractivity contribution in [2.75, 3.05) is 24.7 Å². The standard InChI is InChI=1S/C13H15F3N2O3S/c1-18(5-4-12(19)20)13(21)17-9-6-8(14)2-3-10(9)22-7-11(15)16/h2-3,6,11H,4-5,7H2,1H3,(H,17,21)(H,19,20). The number of carboxylic acid groups (broad SMARTS) is 1. The molecule has 0 aliphatic heterocycles. The molecule has 0 spiro atoms. The molecule has 0 heterocycles. The molecule has 22 heavy (non-hydrogen) atoms. The van der Waals surface area contributed by atoms with Gasteiger partial charge in [0.05, 0.1) is 17.9 Å². The maximum atomic E-state index is 13.3. The summed E-state index contributed by atoms with van der Waals surface area (Å²) in [5, 5.41) is 10.9. The Kier molecular flexibility index (Phi) is 7.03. The molecule has 0 saturated carbocycles. The van der Waals surface area contributed by atoms with E-state index < -0.39 is 30.0 Å². The number of benzene rings is 1. The fourth-order valence-electron chi connectivity index (χ4n) is 1.45. The molecule has 9 heteroatoms. The van der Waals surface area contributed by atoms with E-state index in [0.717, 1.165) is 28.8 Å². The summed E-state index contributed by atoms with van der Waals surface area (Å²) in [7, 11) is 1.38. The average Bonchev–Trinajstić information content (AvgIpc) is 2.43. The van der Waals surface area contributed by atoms with Crippen LogP contribution in [0.25, 0.3) is 0 Å². The number of halogens is 3. The van der Waals surface area contributed by atoms with E-state index >= 15 is 0 Å². The van der Waals surface area contributed by atoms with Gasteiger partial charge in [0.2, 0.25) is 6.43 Å². The molecule has 0 aliphatic carbocycles. The highest BCUT2D eigenvalue weighted by Gasteiger charge is 2.14. The lowest BCUT2D eigenvalue weighted by molar-refractivity contribution is -0.137. The van der Waals surface area contributed by atoms with Gasteiger partial charge in [-0.3, -0.25) is 4.79 Å². The van der Waals surface area contributed by atoms with Crippen LogP contribution in [0.4, 0.5) is 23.7 Å². The number of nitrogens with zero attached hydrogens (tertiary/aromatic N) is 1. The Labute approximate surface area is 129 Å². The van der Waals surface area contributed by atoms with Crippen LogP contribution in [0.15, 0.2) is 23.1 Å². The molecule has 2 N–H and O–H groups in total. The number of anilines is 1. The van der Waals surface area contributed by atoms with Gasteiger partial charge in [-0.15, -0.1) is 11.8 Å². The number of rotatable bonds is 7. The first-order valence-electron chi connectivity index (χ1n) is 6.24. The van der Waals surface area contributed by atoms with Crippen molar-refractivity contribution in [3.8, 4) is 0 Å². The third-order valence-corrected chi connectivity index (χ3v) is 3.64. The van der Waals surface area contributed by atoms with Crippen LogP contribution >= 0.6 is 11.8 Å². The lowest BCUT2D eigenvalue weighted by Crippen LogP contribution is -2.33. The van der Waals surface area contributed by atoms with Crippen LogP contribution in [0.5, 0.6) is 0 Å². The molecular formula is C13H15F3N2O3S. The first kappa shape index (κ1) is 18.1. The molecular weight excluding hydrogens is 321 g/mol. The van der Waals surface area contributed by atoms with Crippen molar-refractivity contribution in [3.05, 3.63) is 24.0 Å². The van der Waals surface area contributed by atoms with Crippen LogP contribution in [0, 0.1) is 5.82 Å². The molecule has 5 nitrogen and oxygen atoms in total. The lowest BCUT2D eigenvalue weighted by Gasteiger charge is -2.18. The number of carbonyl (C=O) groups is 2. The van der Waals surface area contributed by atoms with Gasteiger partial charge in [0.15, 0.2) is 0 Å². The fraction of sp³-hybridized carbons (Fsp3) is 0.385. The zero-order chi connectivity index (χ0) is 16.7. The largest absolute Gasteiger partial charge is 0.481 e. The SMILES string of the molecule is CN(CCC(=O)O)C(=O)Nc1cc(F)ccc1SCC(F)F.